The predicted octanol–water partition coefficient (Wildman–Crippen LogP) is 1.21. The molecule has 1 aromatic rings. The van der Waals surface area contributed by atoms with Gasteiger partial charge in [0.1, 0.15) is 11.8 Å². The van der Waals surface area contributed by atoms with E-state index in [9.17, 15) is 18.4 Å². The molecule has 3 N–H and O–H groups in total. The van der Waals surface area contributed by atoms with Crippen molar-refractivity contribution in [1.29, 1.82) is 0 Å². The molecular formula is C18H22F2N4O3. The maximum absolute atomic E-state index is 14.6. The Morgan fingerprint density at radius 2 is 1.89 bits per heavy atom. The van der Waals surface area contributed by atoms with Crippen molar-refractivity contribution in [3.8, 4) is 0 Å². The molecule has 2 aliphatic heterocycles. The Hall–Kier alpha value is -2.42. The highest BCUT2D eigenvalue weighted by Crippen LogP contribution is 2.46. The number of carbonyl (C=O) groups excluding carboxylic acids is 2. The van der Waals surface area contributed by atoms with Gasteiger partial charge in [0, 0.05) is 51.2 Å². The number of carbonyl (C=O) groups is 2. The van der Waals surface area contributed by atoms with Crippen LogP contribution in [0.2, 0.25) is 0 Å². The van der Waals surface area contributed by atoms with Crippen LogP contribution in [0.5, 0.6) is 0 Å². The van der Waals surface area contributed by atoms with Gasteiger partial charge in [-0.15, -0.1) is 0 Å². The lowest BCUT2D eigenvalue weighted by Gasteiger charge is -2.24. The van der Waals surface area contributed by atoms with Gasteiger partial charge in [0.15, 0.2) is 11.6 Å². The molecule has 4 rings (SSSR count). The van der Waals surface area contributed by atoms with Crippen molar-refractivity contribution in [1.82, 2.24) is 5.32 Å². The number of piperidine rings is 1. The normalized spacial score (nSPS) is 29.0. The smallest absolute Gasteiger partial charge is 0.414 e. The van der Waals surface area contributed by atoms with E-state index in [1.54, 1.807) is 4.90 Å². The molecule has 1 saturated carbocycles. The molecule has 2 saturated heterocycles. The lowest BCUT2D eigenvalue weighted by Crippen LogP contribution is -2.30. The second-order valence-corrected chi connectivity index (χ2v) is 7.46. The number of fused-ring (bicyclic) bond motifs is 1. The molecule has 0 radical (unpaired) electrons. The van der Waals surface area contributed by atoms with Gasteiger partial charge in [-0.2, -0.15) is 0 Å². The van der Waals surface area contributed by atoms with Crippen LogP contribution in [-0.4, -0.2) is 50.3 Å². The number of anilines is 2. The molecule has 0 bridgehead atoms. The topological polar surface area (TPSA) is 87.9 Å². The average Bonchev–Trinajstić information content (AvgIpc) is 2.95. The monoisotopic (exact) mass is 380 g/mol. The molecule has 3 fully saturated rings. The molecule has 7 nitrogen and oxygen atoms in total. The molecule has 0 aromatic heterocycles. The Bertz CT molecular complexity index is 755. The molecule has 2 heterocycles. The highest BCUT2D eigenvalue weighted by molar-refractivity contribution is 5.90. The number of rotatable bonds is 5. The van der Waals surface area contributed by atoms with Crippen LogP contribution < -0.4 is 20.9 Å². The molecule has 0 spiro atoms. The molecule has 3 atom stereocenters. The van der Waals surface area contributed by atoms with Crippen LogP contribution >= 0.6 is 0 Å². The summed E-state index contributed by atoms with van der Waals surface area (Å²) in [4.78, 5) is 25.9. The van der Waals surface area contributed by atoms with Crippen molar-refractivity contribution in [2.45, 2.75) is 25.5 Å². The summed E-state index contributed by atoms with van der Waals surface area (Å²) < 4.78 is 34.5. The SMILES string of the molecule is CC(=O)NCCC1CN(c2cc(F)c(N3CC4C(N)C4C3)c(F)c2)C(=O)O1. The zero-order valence-corrected chi connectivity index (χ0v) is 15.0. The van der Waals surface area contributed by atoms with Crippen molar-refractivity contribution in [3.63, 3.8) is 0 Å². The Morgan fingerprint density at radius 1 is 1.26 bits per heavy atom. The van der Waals surface area contributed by atoms with E-state index in [1.165, 1.54) is 24.0 Å². The Morgan fingerprint density at radius 3 is 2.48 bits per heavy atom. The predicted molar refractivity (Wildman–Crippen MR) is 94.4 cm³/mol. The second-order valence-electron chi connectivity index (χ2n) is 7.46. The quantitative estimate of drug-likeness (QED) is 0.802. The number of cyclic esters (lactones) is 1. The van der Waals surface area contributed by atoms with E-state index in [1.807, 2.05) is 0 Å². The first-order valence-corrected chi connectivity index (χ1v) is 9.07. The summed E-state index contributed by atoms with van der Waals surface area (Å²) in [7, 11) is 0. The number of halogens is 2. The molecule has 146 valence electrons. The molecule has 2 amide bonds. The van der Waals surface area contributed by atoms with Gasteiger partial charge in [-0.25, -0.2) is 13.6 Å². The molecule has 3 unspecified atom stereocenters. The van der Waals surface area contributed by atoms with Crippen molar-refractivity contribution in [3.05, 3.63) is 23.8 Å². The van der Waals surface area contributed by atoms with E-state index < -0.39 is 23.8 Å². The van der Waals surface area contributed by atoms with E-state index >= 15 is 0 Å². The van der Waals surface area contributed by atoms with Crippen molar-refractivity contribution in [2.24, 2.45) is 17.6 Å². The summed E-state index contributed by atoms with van der Waals surface area (Å²) in [5.74, 6) is -0.956. The highest BCUT2D eigenvalue weighted by Gasteiger charge is 2.54. The van der Waals surface area contributed by atoms with Gasteiger partial charge in [0.2, 0.25) is 5.91 Å². The zero-order valence-electron chi connectivity index (χ0n) is 15.0. The van der Waals surface area contributed by atoms with Gasteiger partial charge < -0.3 is 20.7 Å². The summed E-state index contributed by atoms with van der Waals surface area (Å²) in [5.41, 5.74) is 5.94. The third-order valence-corrected chi connectivity index (χ3v) is 5.60. The van der Waals surface area contributed by atoms with Gasteiger partial charge in [0.05, 0.1) is 12.2 Å². The largest absolute Gasteiger partial charge is 0.444 e. The van der Waals surface area contributed by atoms with Crippen LogP contribution in [-0.2, 0) is 9.53 Å². The number of hydrogen-bond acceptors (Lipinski definition) is 5. The highest BCUT2D eigenvalue weighted by atomic mass is 19.1. The molecule has 27 heavy (non-hydrogen) atoms. The minimum absolute atomic E-state index is 0.0621. The third-order valence-electron chi connectivity index (χ3n) is 5.60. The maximum Gasteiger partial charge on any atom is 0.414 e. The van der Waals surface area contributed by atoms with E-state index in [0.29, 0.717) is 37.9 Å². The van der Waals surface area contributed by atoms with Crippen LogP contribution in [0.15, 0.2) is 12.1 Å². The number of nitrogens with one attached hydrogen (secondary N) is 1. The summed E-state index contributed by atoms with van der Waals surface area (Å²) in [6, 6.07) is 2.47. The van der Waals surface area contributed by atoms with Gasteiger partial charge in [-0.05, 0) is 11.8 Å². The first kappa shape index (κ1) is 18.0. The van der Waals surface area contributed by atoms with Crippen LogP contribution in [0.25, 0.3) is 0 Å². The van der Waals surface area contributed by atoms with Gasteiger partial charge in [0.25, 0.3) is 0 Å². The summed E-state index contributed by atoms with van der Waals surface area (Å²) in [6.45, 7) is 3.05. The van der Waals surface area contributed by atoms with Crippen molar-refractivity contribution in [2.75, 3.05) is 36.0 Å². The number of benzene rings is 1. The fourth-order valence-electron chi connectivity index (χ4n) is 4.06. The molecule has 1 aliphatic carbocycles. The minimum Gasteiger partial charge on any atom is -0.444 e. The Balaban J connectivity index is 1.45. The van der Waals surface area contributed by atoms with E-state index in [0.717, 1.165) is 0 Å². The average molecular weight is 380 g/mol. The molecule has 3 aliphatic rings. The molecule has 9 heteroatoms. The van der Waals surface area contributed by atoms with Gasteiger partial charge in [-0.3, -0.25) is 9.69 Å². The summed E-state index contributed by atoms with van der Waals surface area (Å²) in [5, 5.41) is 2.63. The molecular weight excluding hydrogens is 358 g/mol. The van der Waals surface area contributed by atoms with Crippen LogP contribution in [0.3, 0.4) is 0 Å². The lowest BCUT2D eigenvalue weighted by atomic mass is 10.2. The number of ether oxygens (including phenoxy) is 1. The van der Waals surface area contributed by atoms with Crippen LogP contribution in [0.1, 0.15) is 13.3 Å². The molecule has 1 aromatic carbocycles. The lowest BCUT2D eigenvalue weighted by molar-refractivity contribution is -0.119. The van der Waals surface area contributed by atoms with Crippen molar-refractivity contribution < 1.29 is 23.1 Å². The Labute approximate surface area is 155 Å². The first-order chi connectivity index (χ1) is 12.8. The van der Waals surface area contributed by atoms with E-state index in [-0.39, 0.29) is 29.9 Å². The van der Waals surface area contributed by atoms with Gasteiger partial charge in [-0.1, -0.05) is 0 Å². The first-order valence-electron chi connectivity index (χ1n) is 9.07. The van der Waals surface area contributed by atoms with Crippen molar-refractivity contribution >= 4 is 23.4 Å². The summed E-state index contributed by atoms with van der Waals surface area (Å²) in [6.07, 6.45) is -0.660. The number of hydrogen-bond donors (Lipinski definition) is 2. The minimum atomic E-state index is -0.700. The fourth-order valence-corrected chi connectivity index (χ4v) is 4.06. The number of amides is 2. The van der Waals surface area contributed by atoms with Crippen LogP contribution in [0.4, 0.5) is 25.0 Å². The number of nitrogens with zero attached hydrogens (tertiary/aromatic N) is 2. The second kappa shape index (κ2) is 6.63. The standard InChI is InChI=1S/C18H22F2N4O3/c1-9(25)22-3-2-11-6-24(18(26)27-11)10-4-14(19)17(15(20)5-10)23-7-12-13(8-23)16(12)21/h4-5,11-13,16H,2-3,6-8,21H2,1H3,(H,22,25). The maximum atomic E-state index is 14.6. The summed E-state index contributed by atoms with van der Waals surface area (Å²) >= 11 is 0. The Kier molecular flexibility index (Phi) is 4.41. The third kappa shape index (κ3) is 3.31. The van der Waals surface area contributed by atoms with Gasteiger partial charge >= 0.3 is 6.09 Å². The zero-order chi connectivity index (χ0) is 19.3. The van der Waals surface area contributed by atoms with E-state index in [4.69, 9.17) is 10.5 Å². The van der Waals surface area contributed by atoms with E-state index in [2.05, 4.69) is 5.32 Å². The number of nitrogens with two attached hydrogens (primary N) is 1. The van der Waals surface area contributed by atoms with Crippen LogP contribution in [0, 0.1) is 23.5 Å². The fraction of sp³-hybridized carbons (Fsp3) is 0.556.